The zero-order valence-corrected chi connectivity index (χ0v) is 9.12. The summed E-state index contributed by atoms with van der Waals surface area (Å²) in [5.74, 6) is 4.25. The van der Waals surface area contributed by atoms with Crippen molar-refractivity contribution in [3.8, 4) is 0 Å². The molecule has 13 heavy (non-hydrogen) atoms. The Morgan fingerprint density at radius 1 is 1.31 bits per heavy atom. The summed E-state index contributed by atoms with van der Waals surface area (Å²) in [4.78, 5) is 0. The van der Waals surface area contributed by atoms with Gasteiger partial charge in [0.05, 0.1) is 12.3 Å². The van der Waals surface area contributed by atoms with Gasteiger partial charge in [-0.15, -0.1) is 0 Å². The van der Waals surface area contributed by atoms with Crippen molar-refractivity contribution in [3.63, 3.8) is 0 Å². The summed E-state index contributed by atoms with van der Waals surface area (Å²) in [5, 5.41) is 3.23. The van der Waals surface area contributed by atoms with E-state index in [1.165, 1.54) is 0 Å². The van der Waals surface area contributed by atoms with Gasteiger partial charge < -0.3 is 9.73 Å². The maximum Gasteiger partial charge on any atom is 0.117 e. The minimum atomic E-state index is 0.841. The molecule has 2 nitrogen and oxygen atoms in total. The molecular weight excluding hydrogens is 182 g/mol. The number of hydrogen-bond donors (Lipinski definition) is 1. The Bertz CT molecular complexity index is 212. The molecule has 0 saturated heterocycles. The first kappa shape index (κ1) is 10.7. The van der Waals surface area contributed by atoms with Gasteiger partial charge in [-0.1, -0.05) is 13.8 Å². The summed E-state index contributed by atoms with van der Waals surface area (Å²) >= 11 is 1.88. The first-order valence-corrected chi connectivity index (χ1v) is 5.88. The Kier molecular flexibility index (Phi) is 5.01. The second-order valence-electron chi connectivity index (χ2n) is 2.79. The lowest BCUT2D eigenvalue weighted by molar-refractivity contribution is 0.463. The molecule has 0 unspecified atom stereocenters. The number of nitrogens with one attached hydrogen (secondary N) is 1. The van der Waals surface area contributed by atoms with E-state index in [1.807, 2.05) is 17.8 Å². The fraction of sp³-hybridized carbons (Fsp3) is 0.600. The van der Waals surface area contributed by atoms with Gasteiger partial charge in [-0.05, 0) is 24.4 Å². The third kappa shape index (κ3) is 3.87. The van der Waals surface area contributed by atoms with Crippen LogP contribution in [-0.4, -0.2) is 12.3 Å². The van der Waals surface area contributed by atoms with Gasteiger partial charge in [0, 0.05) is 0 Å². The van der Waals surface area contributed by atoms with Crippen molar-refractivity contribution < 1.29 is 4.42 Å². The summed E-state index contributed by atoms with van der Waals surface area (Å²) in [7, 11) is 0. The van der Waals surface area contributed by atoms with Gasteiger partial charge in [0.2, 0.25) is 0 Å². The molecule has 1 heterocycles. The van der Waals surface area contributed by atoms with Crippen molar-refractivity contribution in [1.82, 2.24) is 5.32 Å². The summed E-state index contributed by atoms with van der Waals surface area (Å²) < 4.78 is 5.60. The van der Waals surface area contributed by atoms with E-state index in [2.05, 4.69) is 25.2 Å². The average Bonchev–Trinajstić information content (AvgIpc) is 2.59. The van der Waals surface area contributed by atoms with Gasteiger partial charge in [-0.25, -0.2) is 0 Å². The van der Waals surface area contributed by atoms with Crippen LogP contribution < -0.4 is 5.32 Å². The Morgan fingerprint density at radius 2 is 2.08 bits per heavy atom. The fourth-order valence-electron chi connectivity index (χ4n) is 1.05. The minimum absolute atomic E-state index is 0.841. The highest BCUT2D eigenvalue weighted by Gasteiger charge is 2.00. The molecule has 0 aromatic carbocycles. The van der Waals surface area contributed by atoms with Crippen molar-refractivity contribution in [2.45, 2.75) is 26.1 Å². The van der Waals surface area contributed by atoms with Crippen LogP contribution in [0.25, 0.3) is 0 Å². The van der Waals surface area contributed by atoms with E-state index in [4.69, 9.17) is 4.42 Å². The lowest BCUT2D eigenvalue weighted by Gasteiger charge is -1.97. The van der Waals surface area contributed by atoms with Gasteiger partial charge >= 0.3 is 0 Å². The first-order chi connectivity index (χ1) is 6.36. The molecule has 74 valence electrons. The zero-order chi connectivity index (χ0) is 9.52. The number of furan rings is 1. The van der Waals surface area contributed by atoms with E-state index in [9.17, 15) is 0 Å². The zero-order valence-electron chi connectivity index (χ0n) is 8.30. The normalized spacial score (nSPS) is 10.6. The maximum atomic E-state index is 5.60. The summed E-state index contributed by atoms with van der Waals surface area (Å²) in [6, 6.07) is 4.11. The third-order valence-corrected chi connectivity index (χ3v) is 2.61. The van der Waals surface area contributed by atoms with Gasteiger partial charge in [-0.2, -0.15) is 11.8 Å². The van der Waals surface area contributed by atoms with Crippen LogP contribution in [0.15, 0.2) is 16.5 Å². The number of thioether (sulfide) groups is 1. The predicted molar refractivity (Wildman–Crippen MR) is 57.9 cm³/mol. The van der Waals surface area contributed by atoms with E-state index in [-0.39, 0.29) is 0 Å². The molecule has 0 aliphatic rings. The lowest BCUT2D eigenvalue weighted by atomic mass is 10.4. The van der Waals surface area contributed by atoms with E-state index in [1.54, 1.807) is 0 Å². The quantitative estimate of drug-likeness (QED) is 0.762. The molecule has 0 fully saturated rings. The largest absolute Gasteiger partial charge is 0.464 e. The summed E-state index contributed by atoms with van der Waals surface area (Å²) in [6.45, 7) is 6.08. The van der Waals surface area contributed by atoms with E-state index < -0.39 is 0 Å². The Hall–Kier alpha value is -0.410. The van der Waals surface area contributed by atoms with E-state index in [0.717, 1.165) is 36.1 Å². The Balaban J connectivity index is 2.34. The molecule has 0 saturated carbocycles. The van der Waals surface area contributed by atoms with Crippen LogP contribution in [0.5, 0.6) is 0 Å². The molecule has 0 aliphatic heterocycles. The van der Waals surface area contributed by atoms with Crippen molar-refractivity contribution in [2.24, 2.45) is 0 Å². The van der Waals surface area contributed by atoms with Gasteiger partial charge in [0.25, 0.3) is 0 Å². The Labute approximate surface area is 84.1 Å². The van der Waals surface area contributed by atoms with Crippen LogP contribution >= 0.6 is 11.8 Å². The Morgan fingerprint density at radius 3 is 2.77 bits per heavy atom. The first-order valence-electron chi connectivity index (χ1n) is 4.72. The molecule has 1 rings (SSSR count). The molecule has 0 aliphatic carbocycles. The van der Waals surface area contributed by atoms with Crippen LogP contribution in [-0.2, 0) is 12.3 Å². The van der Waals surface area contributed by atoms with Crippen LogP contribution in [0.2, 0.25) is 0 Å². The van der Waals surface area contributed by atoms with Gasteiger partial charge in [0.15, 0.2) is 0 Å². The molecule has 1 N–H and O–H groups in total. The fourth-order valence-corrected chi connectivity index (χ4v) is 1.61. The minimum Gasteiger partial charge on any atom is -0.464 e. The monoisotopic (exact) mass is 199 g/mol. The molecule has 0 amide bonds. The highest BCUT2D eigenvalue weighted by molar-refractivity contribution is 7.98. The molecule has 0 spiro atoms. The SMILES string of the molecule is CCNCc1ccc(CSCC)o1. The molecule has 0 radical (unpaired) electrons. The van der Waals surface area contributed by atoms with Gasteiger partial charge in [0.1, 0.15) is 11.5 Å². The second kappa shape index (κ2) is 6.11. The van der Waals surface area contributed by atoms with Crippen molar-refractivity contribution in [2.75, 3.05) is 12.3 Å². The topological polar surface area (TPSA) is 25.2 Å². The smallest absolute Gasteiger partial charge is 0.117 e. The average molecular weight is 199 g/mol. The third-order valence-electron chi connectivity index (χ3n) is 1.71. The standard InChI is InChI=1S/C10H17NOS/c1-3-11-7-9-5-6-10(12-9)8-13-4-2/h5-6,11H,3-4,7-8H2,1-2H3. The van der Waals surface area contributed by atoms with Crippen molar-refractivity contribution in [3.05, 3.63) is 23.7 Å². The van der Waals surface area contributed by atoms with Gasteiger partial charge in [-0.3, -0.25) is 0 Å². The molecule has 3 heteroatoms. The van der Waals surface area contributed by atoms with Crippen LogP contribution in [0.1, 0.15) is 25.4 Å². The highest BCUT2D eigenvalue weighted by atomic mass is 32.2. The lowest BCUT2D eigenvalue weighted by Crippen LogP contribution is -2.10. The van der Waals surface area contributed by atoms with Crippen molar-refractivity contribution >= 4 is 11.8 Å². The highest BCUT2D eigenvalue weighted by Crippen LogP contribution is 2.14. The number of rotatable bonds is 6. The van der Waals surface area contributed by atoms with E-state index >= 15 is 0 Å². The molecule has 1 aromatic heterocycles. The van der Waals surface area contributed by atoms with Crippen molar-refractivity contribution in [1.29, 1.82) is 0 Å². The van der Waals surface area contributed by atoms with Crippen LogP contribution in [0.3, 0.4) is 0 Å². The molecule has 0 atom stereocenters. The second-order valence-corrected chi connectivity index (χ2v) is 4.06. The molecule has 0 bridgehead atoms. The maximum absolute atomic E-state index is 5.60. The summed E-state index contributed by atoms with van der Waals surface area (Å²) in [5.41, 5.74) is 0. The van der Waals surface area contributed by atoms with E-state index in [0.29, 0.717) is 0 Å². The van der Waals surface area contributed by atoms with Crippen LogP contribution in [0, 0.1) is 0 Å². The molecular formula is C10H17NOS. The van der Waals surface area contributed by atoms with Crippen LogP contribution in [0.4, 0.5) is 0 Å². The number of hydrogen-bond acceptors (Lipinski definition) is 3. The summed E-state index contributed by atoms with van der Waals surface area (Å²) in [6.07, 6.45) is 0. The predicted octanol–water partition coefficient (Wildman–Crippen LogP) is 2.64. The molecule has 1 aromatic rings.